The van der Waals surface area contributed by atoms with Gasteiger partial charge in [0.25, 0.3) is 0 Å². The number of nitrogens with zero attached hydrogens (tertiary/aromatic N) is 1. The van der Waals surface area contributed by atoms with Crippen LogP contribution in [0, 0.1) is 15.9 Å². The summed E-state index contributed by atoms with van der Waals surface area (Å²) in [5, 5.41) is 14.1. The van der Waals surface area contributed by atoms with Crippen molar-refractivity contribution in [3.05, 3.63) is 34.1 Å². The molecule has 1 saturated heterocycles. The maximum absolute atomic E-state index is 13.5. The van der Waals surface area contributed by atoms with Crippen LogP contribution >= 0.6 is 0 Å². The molecule has 1 aromatic carbocycles. The van der Waals surface area contributed by atoms with Gasteiger partial charge in [-0.25, -0.2) is 4.39 Å². The summed E-state index contributed by atoms with van der Waals surface area (Å²) in [6.45, 7) is 1.34. The monoisotopic (exact) mass is 268 g/mol. The van der Waals surface area contributed by atoms with Crippen LogP contribution in [0.15, 0.2) is 18.2 Å². The number of hydrogen-bond donors (Lipinski definition) is 1. The number of nitrogens with one attached hydrogen (secondary N) is 1. The first-order valence-corrected chi connectivity index (χ1v) is 6.47. The molecule has 6 heteroatoms. The lowest BCUT2D eigenvalue weighted by Crippen LogP contribution is -2.21. The Bertz CT molecular complexity index is 448. The summed E-state index contributed by atoms with van der Waals surface area (Å²) >= 11 is 0. The molecule has 1 atom stereocenters. The normalized spacial score (nSPS) is 18.5. The smallest absolute Gasteiger partial charge is 0.314 e. The van der Waals surface area contributed by atoms with Gasteiger partial charge in [0.1, 0.15) is 0 Å². The van der Waals surface area contributed by atoms with Gasteiger partial charge in [0.05, 0.1) is 11.5 Å². The van der Waals surface area contributed by atoms with E-state index in [0.29, 0.717) is 12.6 Å². The van der Waals surface area contributed by atoms with Crippen LogP contribution in [0.5, 0.6) is 5.75 Å². The van der Waals surface area contributed by atoms with Gasteiger partial charge in [-0.1, -0.05) is 6.07 Å². The Morgan fingerprint density at radius 1 is 1.53 bits per heavy atom. The van der Waals surface area contributed by atoms with Gasteiger partial charge in [-0.2, -0.15) is 0 Å². The van der Waals surface area contributed by atoms with Crippen molar-refractivity contribution in [2.75, 3.05) is 13.2 Å². The van der Waals surface area contributed by atoms with Crippen LogP contribution in [0.3, 0.4) is 0 Å². The summed E-state index contributed by atoms with van der Waals surface area (Å²) < 4.78 is 18.7. The molecule has 1 unspecified atom stereocenters. The lowest BCUT2D eigenvalue weighted by Gasteiger charge is -2.11. The molecule has 0 spiro atoms. The molecule has 1 N–H and O–H groups in total. The number of rotatable bonds is 6. The second-order valence-electron chi connectivity index (χ2n) is 4.63. The number of benzene rings is 1. The highest BCUT2D eigenvalue weighted by molar-refractivity contribution is 5.46. The minimum absolute atomic E-state index is 0.258. The van der Waals surface area contributed by atoms with Crippen molar-refractivity contribution in [2.24, 2.45) is 0 Å². The number of nitro benzene ring substituents is 1. The van der Waals surface area contributed by atoms with E-state index in [4.69, 9.17) is 4.74 Å². The fourth-order valence-electron chi connectivity index (χ4n) is 2.29. The first-order chi connectivity index (χ1) is 9.18. The average molecular weight is 268 g/mol. The predicted octanol–water partition coefficient (Wildman–Crippen LogP) is 2.64. The number of para-hydroxylation sites is 1. The third-order valence-corrected chi connectivity index (χ3v) is 3.25. The van der Waals surface area contributed by atoms with Crippen molar-refractivity contribution in [3.63, 3.8) is 0 Å². The average Bonchev–Trinajstić information content (AvgIpc) is 2.88. The van der Waals surface area contributed by atoms with Crippen LogP contribution in [-0.2, 0) is 0 Å². The van der Waals surface area contributed by atoms with Gasteiger partial charge >= 0.3 is 5.69 Å². The Hall–Kier alpha value is -1.69. The number of halogens is 1. The first-order valence-electron chi connectivity index (χ1n) is 6.47. The fraction of sp³-hybridized carbons (Fsp3) is 0.538. The molecule has 1 aliphatic heterocycles. The zero-order chi connectivity index (χ0) is 13.7. The molecule has 1 aromatic rings. The van der Waals surface area contributed by atoms with E-state index >= 15 is 0 Å². The molecule has 0 aromatic heterocycles. The van der Waals surface area contributed by atoms with Gasteiger partial charge in [-0.05, 0) is 38.3 Å². The molecular weight excluding hydrogens is 251 g/mol. The van der Waals surface area contributed by atoms with Crippen molar-refractivity contribution in [3.8, 4) is 5.75 Å². The van der Waals surface area contributed by atoms with E-state index < -0.39 is 10.7 Å². The Morgan fingerprint density at radius 3 is 3.05 bits per heavy atom. The van der Waals surface area contributed by atoms with Crippen LogP contribution in [-0.4, -0.2) is 24.1 Å². The summed E-state index contributed by atoms with van der Waals surface area (Å²) in [6.07, 6.45) is 4.04. The van der Waals surface area contributed by atoms with Gasteiger partial charge in [-0.3, -0.25) is 10.1 Å². The molecule has 0 aliphatic carbocycles. The van der Waals surface area contributed by atoms with Crippen molar-refractivity contribution in [1.82, 2.24) is 5.32 Å². The van der Waals surface area contributed by atoms with Gasteiger partial charge in [0.15, 0.2) is 5.82 Å². The fourth-order valence-corrected chi connectivity index (χ4v) is 2.29. The molecular formula is C13H17FN2O3. The molecule has 1 heterocycles. The van der Waals surface area contributed by atoms with E-state index in [2.05, 4.69) is 5.32 Å². The molecule has 1 fully saturated rings. The van der Waals surface area contributed by atoms with Crippen molar-refractivity contribution in [2.45, 2.75) is 31.7 Å². The largest absolute Gasteiger partial charge is 0.485 e. The predicted molar refractivity (Wildman–Crippen MR) is 68.8 cm³/mol. The van der Waals surface area contributed by atoms with Gasteiger partial charge in [0.2, 0.25) is 5.75 Å². The molecule has 19 heavy (non-hydrogen) atoms. The zero-order valence-corrected chi connectivity index (χ0v) is 10.6. The maximum Gasteiger partial charge on any atom is 0.314 e. The third-order valence-electron chi connectivity index (χ3n) is 3.25. The van der Waals surface area contributed by atoms with E-state index in [1.807, 2.05) is 0 Å². The first kappa shape index (κ1) is 13.7. The topological polar surface area (TPSA) is 64.4 Å². The Morgan fingerprint density at radius 2 is 2.37 bits per heavy atom. The second-order valence-corrected chi connectivity index (χ2v) is 4.63. The zero-order valence-electron chi connectivity index (χ0n) is 10.6. The van der Waals surface area contributed by atoms with Crippen LogP contribution in [0.2, 0.25) is 0 Å². The maximum atomic E-state index is 13.5. The summed E-state index contributed by atoms with van der Waals surface area (Å²) in [5.41, 5.74) is -0.320. The van der Waals surface area contributed by atoms with Gasteiger partial charge in [0, 0.05) is 12.1 Å². The molecule has 0 amide bonds. The molecule has 0 radical (unpaired) electrons. The number of hydrogen-bond acceptors (Lipinski definition) is 4. The Balaban J connectivity index is 1.86. The summed E-state index contributed by atoms with van der Waals surface area (Å²) in [4.78, 5) is 10.1. The number of ether oxygens (including phenoxy) is 1. The lowest BCUT2D eigenvalue weighted by atomic mass is 10.1. The van der Waals surface area contributed by atoms with Crippen molar-refractivity contribution >= 4 is 5.69 Å². The van der Waals surface area contributed by atoms with E-state index in [1.165, 1.54) is 24.6 Å². The molecule has 0 bridgehead atoms. The summed E-state index contributed by atoms with van der Waals surface area (Å²) in [6, 6.07) is 4.22. The quantitative estimate of drug-likeness (QED) is 0.489. The minimum atomic E-state index is -0.687. The minimum Gasteiger partial charge on any atom is -0.485 e. The van der Waals surface area contributed by atoms with Crippen LogP contribution < -0.4 is 10.1 Å². The van der Waals surface area contributed by atoms with E-state index in [-0.39, 0.29) is 11.4 Å². The molecule has 2 rings (SSSR count). The highest BCUT2D eigenvalue weighted by Gasteiger charge is 2.19. The van der Waals surface area contributed by atoms with Gasteiger partial charge in [-0.15, -0.1) is 0 Å². The highest BCUT2D eigenvalue weighted by atomic mass is 19.1. The Labute approximate surface area is 110 Å². The molecule has 0 saturated carbocycles. The van der Waals surface area contributed by atoms with Crippen LogP contribution in [0.4, 0.5) is 10.1 Å². The number of nitro groups is 1. The second kappa shape index (κ2) is 6.47. The van der Waals surface area contributed by atoms with E-state index in [1.54, 1.807) is 0 Å². The van der Waals surface area contributed by atoms with Gasteiger partial charge < -0.3 is 10.1 Å². The van der Waals surface area contributed by atoms with E-state index in [9.17, 15) is 14.5 Å². The SMILES string of the molecule is O=[N+]([O-])c1cccc(F)c1OCCCC1CCCN1. The summed E-state index contributed by atoms with van der Waals surface area (Å²) in [5.74, 6) is -0.944. The summed E-state index contributed by atoms with van der Waals surface area (Å²) in [7, 11) is 0. The van der Waals surface area contributed by atoms with Crippen molar-refractivity contribution in [1.29, 1.82) is 0 Å². The Kier molecular flexibility index (Phi) is 4.68. The van der Waals surface area contributed by atoms with Crippen molar-refractivity contribution < 1.29 is 14.1 Å². The molecule has 104 valence electrons. The van der Waals surface area contributed by atoms with E-state index in [0.717, 1.165) is 25.8 Å². The lowest BCUT2D eigenvalue weighted by molar-refractivity contribution is -0.386. The van der Waals surface area contributed by atoms with Crippen LogP contribution in [0.1, 0.15) is 25.7 Å². The standard InChI is InChI=1S/C13H17FN2O3/c14-11-6-1-7-12(16(17)18)13(11)19-9-3-5-10-4-2-8-15-10/h1,6-7,10,15H,2-5,8-9H2. The molecule has 1 aliphatic rings. The van der Waals surface area contributed by atoms with Crippen LogP contribution in [0.25, 0.3) is 0 Å². The third kappa shape index (κ3) is 3.64. The molecule has 5 nitrogen and oxygen atoms in total. The highest BCUT2D eigenvalue weighted by Crippen LogP contribution is 2.29.